The molecule has 0 bridgehead atoms. The number of likely N-dealkylation sites (tertiary alicyclic amines) is 1. The molecule has 9 nitrogen and oxygen atoms in total. The molecule has 1 saturated heterocycles. The third-order valence-corrected chi connectivity index (χ3v) is 7.12. The molecule has 39 heavy (non-hydrogen) atoms. The number of aliphatic hydroxyl groups is 1. The highest BCUT2D eigenvalue weighted by Crippen LogP contribution is 2.30. The van der Waals surface area contributed by atoms with Crippen LogP contribution in [-0.4, -0.2) is 66.8 Å². The predicted molar refractivity (Wildman–Crippen MR) is 147 cm³/mol. The van der Waals surface area contributed by atoms with Gasteiger partial charge in [-0.15, -0.1) is 0 Å². The molecule has 0 unspecified atom stereocenters. The van der Waals surface area contributed by atoms with Crippen LogP contribution in [0.5, 0.6) is 0 Å². The first-order valence-electron chi connectivity index (χ1n) is 13.3. The summed E-state index contributed by atoms with van der Waals surface area (Å²) in [6.45, 7) is 9.42. The number of halogens is 2. The van der Waals surface area contributed by atoms with E-state index in [4.69, 9.17) is 5.11 Å². The number of imidazole rings is 1. The van der Waals surface area contributed by atoms with E-state index < -0.39 is 11.6 Å². The number of β-amino-alcohol motifs (C(OH)–C–C–N with tert-alkyl or cyclic N) is 1. The Bertz CT molecular complexity index is 1430. The Labute approximate surface area is 226 Å². The van der Waals surface area contributed by atoms with Gasteiger partial charge in [-0.2, -0.15) is 0 Å². The van der Waals surface area contributed by atoms with Gasteiger partial charge in [0.05, 0.1) is 18.3 Å². The van der Waals surface area contributed by atoms with E-state index in [0.29, 0.717) is 35.3 Å². The van der Waals surface area contributed by atoms with Crippen LogP contribution in [0.25, 0.3) is 22.3 Å². The molecule has 4 heterocycles. The molecule has 4 aromatic rings. The van der Waals surface area contributed by atoms with Gasteiger partial charge < -0.3 is 25.2 Å². The number of hydrogen-bond donors (Lipinski definition) is 3. The van der Waals surface area contributed by atoms with Gasteiger partial charge in [0.15, 0.2) is 11.6 Å². The summed E-state index contributed by atoms with van der Waals surface area (Å²) in [6.07, 6.45) is 4.95. The zero-order valence-corrected chi connectivity index (χ0v) is 22.5. The normalized spacial score (nSPS) is 14.9. The highest BCUT2D eigenvalue weighted by molar-refractivity contribution is 5.83. The maximum atomic E-state index is 15.0. The van der Waals surface area contributed by atoms with Gasteiger partial charge in [0, 0.05) is 36.9 Å². The lowest BCUT2D eigenvalue weighted by Crippen LogP contribution is -2.43. The largest absolute Gasteiger partial charge is 0.395 e. The average Bonchev–Trinajstić information content (AvgIpc) is 3.27. The summed E-state index contributed by atoms with van der Waals surface area (Å²) in [5.41, 5.74) is 2.19. The number of nitrogens with one attached hydrogen (secondary N) is 2. The molecule has 0 atom stereocenters. The second-order valence-corrected chi connectivity index (χ2v) is 10.2. The second kappa shape index (κ2) is 11.7. The summed E-state index contributed by atoms with van der Waals surface area (Å²) in [6, 6.07) is 7.26. The number of nitrogens with zero attached hydrogens (tertiary/aromatic N) is 6. The number of hydrogen-bond acceptors (Lipinski definition) is 8. The molecule has 206 valence electrons. The molecule has 0 spiro atoms. The molecule has 1 aliphatic heterocycles. The second-order valence-electron chi connectivity index (χ2n) is 10.2. The molecule has 1 aromatic carbocycles. The van der Waals surface area contributed by atoms with E-state index in [1.54, 1.807) is 12.3 Å². The van der Waals surface area contributed by atoms with Crippen LogP contribution >= 0.6 is 0 Å². The van der Waals surface area contributed by atoms with E-state index in [9.17, 15) is 8.78 Å². The van der Waals surface area contributed by atoms with Crippen LogP contribution < -0.4 is 10.6 Å². The maximum Gasteiger partial charge on any atom is 0.229 e. The molecule has 0 amide bonds. The van der Waals surface area contributed by atoms with Crippen LogP contribution in [-0.2, 0) is 6.54 Å². The molecule has 0 saturated carbocycles. The number of aliphatic hydroxyl groups excluding tert-OH is 1. The van der Waals surface area contributed by atoms with Crippen LogP contribution in [0.2, 0.25) is 0 Å². The Balaban J connectivity index is 1.27. The van der Waals surface area contributed by atoms with E-state index in [-0.39, 0.29) is 29.8 Å². The van der Waals surface area contributed by atoms with Crippen LogP contribution in [0, 0.1) is 18.6 Å². The highest BCUT2D eigenvalue weighted by atomic mass is 19.1. The number of benzene rings is 1. The zero-order chi connectivity index (χ0) is 27.5. The third-order valence-electron chi connectivity index (χ3n) is 7.12. The minimum absolute atomic E-state index is 0.00619. The van der Waals surface area contributed by atoms with Crippen molar-refractivity contribution in [3.8, 4) is 11.3 Å². The maximum absolute atomic E-state index is 15.0. The van der Waals surface area contributed by atoms with Crippen LogP contribution in [0.3, 0.4) is 0 Å². The summed E-state index contributed by atoms with van der Waals surface area (Å²) < 4.78 is 31.7. The van der Waals surface area contributed by atoms with E-state index in [1.165, 1.54) is 6.07 Å². The Morgan fingerprint density at radius 1 is 1.05 bits per heavy atom. The SMILES string of the molecule is Cc1nc2c(F)cc(-c3nc(Nc4ccc(CNC5CCN(CCO)CC5)cn4)ncc3F)cc2n1C(C)C. The van der Waals surface area contributed by atoms with Gasteiger partial charge in [-0.3, -0.25) is 0 Å². The lowest BCUT2D eigenvalue weighted by Gasteiger charge is -2.32. The number of rotatable bonds is 9. The molecule has 1 fully saturated rings. The molecule has 3 N–H and O–H groups in total. The Hall–Kier alpha value is -3.54. The van der Waals surface area contributed by atoms with Crippen LogP contribution in [0.4, 0.5) is 20.5 Å². The Kier molecular flexibility index (Phi) is 8.10. The van der Waals surface area contributed by atoms with Crippen molar-refractivity contribution in [1.29, 1.82) is 0 Å². The number of piperidine rings is 1. The zero-order valence-electron chi connectivity index (χ0n) is 22.5. The van der Waals surface area contributed by atoms with Crippen molar-refractivity contribution in [1.82, 2.24) is 34.7 Å². The molecular weight excluding hydrogens is 502 g/mol. The highest BCUT2D eigenvalue weighted by Gasteiger charge is 2.19. The first kappa shape index (κ1) is 27.0. The first-order chi connectivity index (χ1) is 18.8. The number of pyridine rings is 1. The fourth-order valence-electron chi connectivity index (χ4n) is 5.17. The van der Waals surface area contributed by atoms with Crippen molar-refractivity contribution in [2.24, 2.45) is 0 Å². The van der Waals surface area contributed by atoms with Gasteiger partial charge in [0.1, 0.15) is 22.9 Å². The van der Waals surface area contributed by atoms with Gasteiger partial charge in [-0.1, -0.05) is 6.07 Å². The minimum atomic E-state index is -0.650. The third kappa shape index (κ3) is 6.05. The van der Waals surface area contributed by atoms with Crippen molar-refractivity contribution in [2.45, 2.75) is 52.2 Å². The monoisotopic (exact) mass is 536 g/mol. The standard InChI is InChI=1S/C28H34F2N8O/c1-17(2)38-18(3)34-27-22(29)12-20(13-24(27)38)26-23(30)16-33-28(36-26)35-25-5-4-19(15-32-25)14-31-21-6-8-37(9-7-21)10-11-39/h4-5,12-13,15-17,21,31,39H,6-11,14H2,1-3H3,(H,32,33,35,36). The summed E-state index contributed by atoms with van der Waals surface area (Å²) in [5, 5.41) is 15.7. The summed E-state index contributed by atoms with van der Waals surface area (Å²) in [4.78, 5) is 19.5. The quantitative estimate of drug-likeness (QED) is 0.290. The Morgan fingerprint density at radius 3 is 2.54 bits per heavy atom. The summed E-state index contributed by atoms with van der Waals surface area (Å²) in [5.74, 6) is 0.189. The molecular formula is C28H34F2N8O. The first-order valence-corrected chi connectivity index (χ1v) is 13.3. The van der Waals surface area contributed by atoms with Crippen LogP contribution in [0.15, 0.2) is 36.7 Å². The van der Waals surface area contributed by atoms with E-state index in [0.717, 1.165) is 44.2 Å². The van der Waals surface area contributed by atoms with Crippen molar-refractivity contribution in [2.75, 3.05) is 31.6 Å². The smallest absolute Gasteiger partial charge is 0.229 e. The fourth-order valence-corrected chi connectivity index (χ4v) is 5.17. The number of aryl methyl sites for hydroxylation is 1. The topological polar surface area (TPSA) is 104 Å². The summed E-state index contributed by atoms with van der Waals surface area (Å²) in [7, 11) is 0. The number of aromatic nitrogens is 5. The van der Waals surface area contributed by atoms with E-state index >= 15 is 0 Å². The molecule has 0 radical (unpaired) electrons. The lowest BCUT2D eigenvalue weighted by atomic mass is 10.0. The van der Waals surface area contributed by atoms with Gasteiger partial charge in [-0.05, 0) is 70.5 Å². The predicted octanol–water partition coefficient (Wildman–Crippen LogP) is 4.35. The van der Waals surface area contributed by atoms with E-state index in [2.05, 4.69) is 35.5 Å². The minimum Gasteiger partial charge on any atom is -0.395 e. The van der Waals surface area contributed by atoms with Gasteiger partial charge in [0.2, 0.25) is 5.95 Å². The summed E-state index contributed by atoms with van der Waals surface area (Å²) >= 11 is 0. The van der Waals surface area contributed by atoms with Gasteiger partial charge in [0.25, 0.3) is 0 Å². The van der Waals surface area contributed by atoms with E-state index in [1.807, 2.05) is 37.5 Å². The van der Waals surface area contributed by atoms with Gasteiger partial charge in [-0.25, -0.2) is 28.7 Å². The molecule has 5 rings (SSSR count). The molecule has 11 heteroatoms. The van der Waals surface area contributed by atoms with Crippen molar-refractivity contribution >= 4 is 22.8 Å². The lowest BCUT2D eigenvalue weighted by molar-refractivity contribution is 0.156. The number of fused-ring (bicyclic) bond motifs is 1. The number of anilines is 2. The van der Waals surface area contributed by atoms with Crippen molar-refractivity contribution in [3.63, 3.8) is 0 Å². The van der Waals surface area contributed by atoms with Crippen LogP contribution in [0.1, 0.15) is 44.1 Å². The molecule has 3 aromatic heterocycles. The average molecular weight is 537 g/mol. The fraction of sp³-hybridized carbons (Fsp3) is 0.429. The molecule has 1 aliphatic rings. The van der Waals surface area contributed by atoms with Crippen molar-refractivity contribution < 1.29 is 13.9 Å². The van der Waals surface area contributed by atoms with Crippen molar-refractivity contribution in [3.05, 3.63) is 59.7 Å². The molecule has 0 aliphatic carbocycles. The van der Waals surface area contributed by atoms with Gasteiger partial charge >= 0.3 is 0 Å². The Morgan fingerprint density at radius 2 is 1.85 bits per heavy atom.